The van der Waals surface area contributed by atoms with E-state index in [1.165, 1.54) is 0 Å². The smallest absolute Gasteiger partial charge is 0.222 e. The molecule has 0 bridgehead atoms. The zero-order chi connectivity index (χ0) is 13.3. The van der Waals surface area contributed by atoms with Crippen molar-refractivity contribution in [3.05, 3.63) is 33.3 Å². The van der Waals surface area contributed by atoms with Crippen LogP contribution in [0.4, 0.5) is 11.8 Å². The van der Waals surface area contributed by atoms with Crippen LogP contribution in [0.5, 0.6) is 0 Å². The predicted octanol–water partition coefficient (Wildman–Crippen LogP) is 2.60. The van der Waals surface area contributed by atoms with Crippen molar-refractivity contribution in [1.29, 1.82) is 5.26 Å². The first-order valence-electron chi connectivity index (χ1n) is 4.81. The van der Waals surface area contributed by atoms with Crippen molar-refractivity contribution in [3.8, 4) is 17.3 Å². The van der Waals surface area contributed by atoms with Gasteiger partial charge in [0.1, 0.15) is 17.5 Å². The highest BCUT2D eigenvalue weighted by atomic mass is 79.9. The minimum absolute atomic E-state index is 0.0144. The Balaban J connectivity index is 2.70. The van der Waals surface area contributed by atoms with Crippen LogP contribution >= 0.6 is 27.5 Å². The molecule has 1 aromatic carbocycles. The van der Waals surface area contributed by atoms with E-state index in [1.807, 2.05) is 6.07 Å². The molecule has 0 aliphatic rings. The monoisotopic (exact) mass is 323 g/mol. The summed E-state index contributed by atoms with van der Waals surface area (Å²) < 4.78 is 0.751. The Hall–Kier alpha value is -1.84. The number of benzene rings is 1. The number of nitrogens with zero attached hydrogens (tertiary/aromatic N) is 3. The Labute approximate surface area is 117 Å². The van der Waals surface area contributed by atoms with Crippen LogP contribution in [0.2, 0.25) is 5.02 Å². The summed E-state index contributed by atoms with van der Waals surface area (Å²) in [6.45, 7) is 0. The van der Waals surface area contributed by atoms with Crippen molar-refractivity contribution < 1.29 is 0 Å². The van der Waals surface area contributed by atoms with E-state index in [9.17, 15) is 0 Å². The molecule has 0 radical (unpaired) electrons. The van der Waals surface area contributed by atoms with Gasteiger partial charge in [0.2, 0.25) is 5.95 Å². The lowest BCUT2D eigenvalue weighted by Crippen LogP contribution is -2.04. The van der Waals surface area contributed by atoms with Crippen LogP contribution in [-0.4, -0.2) is 9.97 Å². The first kappa shape index (κ1) is 12.6. The number of nitrogens with two attached hydrogens (primary N) is 2. The molecule has 5 nitrogen and oxygen atoms in total. The molecular formula is C11H7BrClN5. The fraction of sp³-hybridized carbons (Fsp3) is 0. The van der Waals surface area contributed by atoms with Gasteiger partial charge in [-0.25, -0.2) is 4.98 Å². The summed E-state index contributed by atoms with van der Waals surface area (Å²) in [7, 11) is 0. The van der Waals surface area contributed by atoms with Crippen LogP contribution in [0.1, 0.15) is 5.56 Å². The van der Waals surface area contributed by atoms with Gasteiger partial charge < -0.3 is 11.5 Å². The Morgan fingerprint density at radius 2 is 2.00 bits per heavy atom. The van der Waals surface area contributed by atoms with Crippen LogP contribution in [0.15, 0.2) is 22.7 Å². The molecule has 0 aliphatic heterocycles. The molecule has 2 aromatic rings. The van der Waals surface area contributed by atoms with Crippen molar-refractivity contribution in [2.45, 2.75) is 0 Å². The third kappa shape index (κ3) is 2.23. The maximum absolute atomic E-state index is 9.08. The second-order valence-electron chi connectivity index (χ2n) is 3.43. The van der Waals surface area contributed by atoms with Gasteiger partial charge in [0.05, 0.1) is 10.7 Å². The number of hydrogen-bond acceptors (Lipinski definition) is 5. The number of halogens is 2. The molecule has 0 amide bonds. The Morgan fingerprint density at radius 1 is 1.28 bits per heavy atom. The van der Waals surface area contributed by atoms with Gasteiger partial charge in [-0.3, -0.25) is 0 Å². The van der Waals surface area contributed by atoms with Crippen LogP contribution in [0.25, 0.3) is 11.3 Å². The topological polar surface area (TPSA) is 102 Å². The highest BCUT2D eigenvalue weighted by Crippen LogP contribution is 2.30. The maximum Gasteiger partial charge on any atom is 0.222 e. The fourth-order valence-electron chi connectivity index (χ4n) is 1.46. The third-order valence-corrected chi connectivity index (χ3v) is 3.49. The molecule has 2 rings (SSSR count). The fourth-order valence-corrected chi connectivity index (χ4v) is 1.89. The normalized spacial score (nSPS) is 10.1. The highest BCUT2D eigenvalue weighted by molar-refractivity contribution is 9.10. The lowest BCUT2D eigenvalue weighted by atomic mass is 10.1. The van der Waals surface area contributed by atoms with Gasteiger partial charge in [-0.1, -0.05) is 17.7 Å². The summed E-state index contributed by atoms with van der Waals surface area (Å²) in [5.74, 6) is 0.0691. The van der Waals surface area contributed by atoms with Crippen LogP contribution in [0.3, 0.4) is 0 Å². The van der Waals surface area contributed by atoms with E-state index in [0.717, 1.165) is 4.47 Å². The zero-order valence-electron chi connectivity index (χ0n) is 8.98. The number of aromatic nitrogens is 2. The van der Waals surface area contributed by atoms with Crippen molar-refractivity contribution in [2.75, 3.05) is 11.5 Å². The number of anilines is 2. The Kier molecular flexibility index (Phi) is 3.36. The van der Waals surface area contributed by atoms with Crippen LogP contribution < -0.4 is 11.5 Å². The molecular weight excluding hydrogens is 318 g/mol. The molecule has 0 saturated heterocycles. The largest absolute Gasteiger partial charge is 0.382 e. The van der Waals surface area contributed by atoms with Crippen molar-refractivity contribution >= 4 is 39.3 Å². The van der Waals surface area contributed by atoms with Gasteiger partial charge in [-0.15, -0.1) is 0 Å². The van der Waals surface area contributed by atoms with E-state index in [1.54, 1.807) is 18.2 Å². The molecule has 1 aromatic heterocycles. The Morgan fingerprint density at radius 3 is 2.61 bits per heavy atom. The molecule has 4 N–H and O–H groups in total. The molecule has 0 unspecified atom stereocenters. The molecule has 1 heterocycles. The SMILES string of the molecule is N#Cc1c(N)nc(N)nc1-c1ccc(Br)c(Cl)c1. The summed E-state index contributed by atoms with van der Waals surface area (Å²) in [4.78, 5) is 7.79. The van der Waals surface area contributed by atoms with Gasteiger partial charge in [0.25, 0.3) is 0 Å². The van der Waals surface area contributed by atoms with Crippen molar-refractivity contribution in [1.82, 2.24) is 9.97 Å². The zero-order valence-corrected chi connectivity index (χ0v) is 11.3. The van der Waals surface area contributed by atoms with Crippen LogP contribution in [-0.2, 0) is 0 Å². The predicted molar refractivity (Wildman–Crippen MR) is 73.7 cm³/mol. The third-order valence-electron chi connectivity index (χ3n) is 2.26. The minimum Gasteiger partial charge on any atom is -0.382 e. The molecule has 18 heavy (non-hydrogen) atoms. The van der Waals surface area contributed by atoms with E-state index in [0.29, 0.717) is 16.3 Å². The van der Waals surface area contributed by atoms with Gasteiger partial charge in [0.15, 0.2) is 0 Å². The maximum atomic E-state index is 9.08. The molecule has 0 saturated carbocycles. The molecule has 0 aliphatic carbocycles. The van der Waals surface area contributed by atoms with Crippen molar-refractivity contribution in [2.24, 2.45) is 0 Å². The van der Waals surface area contributed by atoms with E-state index in [2.05, 4.69) is 25.9 Å². The van der Waals surface area contributed by atoms with E-state index in [-0.39, 0.29) is 17.3 Å². The summed E-state index contributed by atoms with van der Waals surface area (Å²) in [5.41, 5.74) is 12.4. The number of hydrogen-bond donors (Lipinski definition) is 2. The highest BCUT2D eigenvalue weighted by Gasteiger charge is 2.13. The summed E-state index contributed by atoms with van der Waals surface area (Å²) in [5, 5.41) is 9.59. The minimum atomic E-state index is 0.0144. The second-order valence-corrected chi connectivity index (χ2v) is 4.69. The number of nitriles is 1. The molecule has 0 atom stereocenters. The standard InChI is InChI=1S/C11H7BrClN5/c12-7-2-1-5(3-8(7)13)9-6(4-14)10(15)18-11(16)17-9/h1-3H,(H4,15,16,17,18). The second kappa shape index (κ2) is 4.80. The summed E-state index contributed by atoms with van der Waals surface area (Å²) in [6.07, 6.45) is 0. The molecule has 0 fully saturated rings. The van der Waals surface area contributed by atoms with E-state index in [4.69, 9.17) is 28.3 Å². The molecule has 90 valence electrons. The summed E-state index contributed by atoms with van der Waals surface area (Å²) in [6, 6.07) is 7.16. The van der Waals surface area contributed by atoms with E-state index < -0.39 is 0 Å². The lowest BCUT2D eigenvalue weighted by Gasteiger charge is -2.07. The average Bonchev–Trinajstić information content (AvgIpc) is 2.32. The van der Waals surface area contributed by atoms with Gasteiger partial charge in [-0.05, 0) is 28.1 Å². The van der Waals surface area contributed by atoms with Gasteiger partial charge in [0, 0.05) is 10.0 Å². The van der Waals surface area contributed by atoms with Gasteiger partial charge >= 0.3 is 0 Å². The quantitative estimate of drug-likeness (QED) is 0.839. The van der Waals surface area contributed by atoms with Crippen molar-refractivity contribution in [3.63, 3.8) is 0 Å². The van der Waals surface area contributed by atoms with Crippen LogP contribution in [0, 0.1) is 11.3 Å². The molecule has 0 spiro atoms. The van der Waals surface area contributed by atoms with E-state index >= 15 is 0 Å². The first-order valence-corrected chi connectivity index (χ1v) is 5.98. The van der Waals surface area contributed by atoms with Gasteiger partial charge in [-0.2, -0.15) is 10.2 Å². The first-order chi connectivity index (χ1) is 8.52. The summed E-state index contributed by atoms with van der Waals surface area (Å²) >= 11 is 9.29. The number of rotatable bonds is 1. The molecule has 7 heteroatoms. The average molecular weight is 325 g/mol. The Bertz CT molecular complexity index is 665. The number of nitrogen functional groups attached to an aromatic ring is 2. The lowest BCUT2D eigenvalue weighted by molar-refractivity contribution is 1.18.